The molecule has 144 valence electrons. The number of alkyl halides is 3. The second-order valence-corrected chi connectivity index (χ2v) is 5.89. The fourth-order valence-electron chi connectivity index (χ4n) is 2.56. The number of methoxy groups -OCH3 is 1. The van der Waals surface area contributed by atoms with Gasteiger partial charge < -0.3 is 15.8 Å². The lowest BCUT2D eigenvalue weighted by molar-refractivity contribution is -0.137. The molecule has 0 aliphatic heterocycles. The van der Waals surface area contributed by atoms with E-state index in [1.165, 1.54) is 19.2 Å². The number of carbonyl (C=O) groups is 2. The molecule has 0 heterocycles. The first-order chi connectivity index (χ1) is 12.7. The lowest BCUT2D eigenvalue weighted by Crippen LogP contribution is -2.47. The van der Waals surface area contributed by atoms with Gasteiger partial charge in [0.15, 0.2) is 6.10 Å². The Labute approximate surface area is 154 Å². The summed E-state index contributed by atoms with van der Waals surface area (Å²) >= 11 is 0. The Hall–Kier alpha value is -2.87. The van der Waals surface area contributed by atoms with E-state index < -0.39 is 35.7 Å². The second-order valence-electron chi connectivity index (χ2n) is 5.89. The van der Waals surface area contributed by atoms with Crippen LogP contribution >= 0.6 is 0 Å². The third-order valence-electron chi connectivity index (χ3n) is 3.96. The summed E-state index contributed by atoms with van der Waals surface area (Å²) in [6.07, 6.45) is -5.43. The zero-order chi connectivity index (χ0) is 20.0. The maximum absolute atomic E-state index is 12.6. The van der Waals surface area contributed by atoms with Crippen molar-refractivity contribution in [3.63, 3.8) is 0 Å². The van der Waals surface area contributed by atoms with Gasteiger partial charge in [0.25, 0.3) is 5.91 Å². The molecule has 5 nitrogen and oxygen atoms in total. The van der Waals surface area contributed by atoms with Crippen LogP contribution in [0.4, 0.5) is 13.2 Å². The number of amides is 2. The van der Waals surface area contributed by atoms with Crippen molar-refractivity contribution >= 4 is 11.8 Å². The molecule has 27 heavy (non-hydrogen) atoms. The standard InChI is InChI=1S/C19H19F3N2O3/c1-27-16(13-5-3-2-4-6-13)18(26)24-15(17(23)25)11-12-7-9-14(10-8-12)19(20,21)22/h2-10,15-16H,11H2,1H3,(H2,23,25)(H,24,26)/t15-,16-/m1/s1. The molecule has 2 amide bonds. The topological polar surface area (TPSA) is 81.4 Å². The summed E-state index contributed by atoms with van der Waals surface area (Å²) in [7, 11) is 1.35. The molecule has 0 aliphatic rings. The number of nitrogens with two attached hydrogens (primary N) is 1. The van der Waals surface area contributed by atoms with Crippen LogP contribution < -0.4 is 11.1 Å². The number of benzene rings is 2. The lowest BCUT2D eigenvalue weighted by Gasteiger charge is -2.20. The van der Waals surface area contributed by atoms with E-state index in [4.69, 9.17) is 10.5 Å². The second kappa shape index (κ2) is 8.68. The molecular weight excluding hydrogens is 361 g/mol. The van der Waals surface area contributed by atoms with Crippen LogP contribution in [-0.2, 0) is 26.9 Å². The Morgan fingerprint density at radius 2 is 1.67 bits per heavy atom. The van der Waals surface area contributed by atoms with Gasteiger partial charge in [-0.2, -0.15) is 13.2 Å². The van der Waals surface area contributed by atoms with E-state index in [0.29, 0.717) is 11.1 Å². The first-order valence-electron chi connectivity index (χ1n) is 8.06. The van der Waals surface area contributed by atoms with E-state index in [9.17, 15) is 22.8 Å². The van der Waals surface area contributed by atoms with Crippen molar-refractivity contribution in [1.82, 2.24) is 5.32 Å². The number of halogens is 3. The Kier molecular flexibility index (Phi) is 6.57. The monoisotopic (exact) mass is 380 g/mol. The van der Waals surface area contributed by atoms with Crippen LogP contribution in [0.5, 0.6) is 0 Å². The fourth-order valence-corrected chi connectivity index (χ4v) is 2.56. The highest BCUT2D eigenvalue weighted by atomic mass is 19.4. The van der Waals surface area contributed by atoms with Gasteiger partial charge in [0.05, 0.1) is 5.56 Å². The van der Waals surface area contributed by atoms with Crippen molar-refractivity contribution in [1.29, 1.82) is 0 Å². The molecule has 8 heteroatoms. The molecule has 2 aromatic carbocycles. The van der Waals surface area contributed by atoms with E-state index in [1.807, 2.05) is 0 Å². The maximum Gasteiger partial charge on any atom is 0.416 e. The summed E-state index contributed by atoms with van der Waals surface area (Å²) in [5, 5.41) is 2.50. The van der Waals surface area contributed by atoms with Gasteiger partial charge in [-0.15, -0.1) is 0 Å². The Morgan fingerprint density at radius 3 is 2.15 bits per heavy atom. The molecule has 0 radical (unpaired) electrons. The highest BCUT2D eigenvalue weighted by Gasteiger charge is 2.30. The van der Waals surface area contributed by atoms with Gasteiger partial charge in [0.1, 0.15) is 6.04 Å². The number of carbonyl (C=O) groups excluding carboxylic acids is 2. The van der Waals surface area contributed by atoms with Crippen LogP contribution in [0.3, 0.4) is 0 Å². The van der Waals surface area contributed by atoms with Gasteiger partial charge in [0, 0.05) is 13.5 Å². The highest BCUT2D eigenvalue weighted by molar-refractivity contribution is 5.89. The minimum absolute atomic E-state index is 0.0373. The van der Waals surface area contributed by atoms with Crippen molar-refractivity contribution in [2.75, 3.05) is 7.11 Å². The smallest absolute Gasteiger partial charge is 0.368 e. The summed E-state index contributed by atoms with van der Waals surface area (Å²) in [5.41, 5.74) is 5.57. The summed E-state index contributed by atoms with van der Waals surface area (Å²) < 4.78 is 43.1. The van der Waals surface area contributed by atoms with Gasteiger partial charge in [-0.1, -0.05) is 42.5 Å². The van der Waals surface area contributed by atoms with Gasteiger partial charge >= 0.3 is 6.18 Å². The molecule has 0 aliphatic carbocycles. The van der Waals surface area contributed by atoms with E-state index in [2.05, 4.69) is 5.32 Å². The number of rotatable bonds is 7. The quantitative estimate of drug-likeness (QED) is 0.775. The van der Waals surface area contributed by atoms with Crippen LogP contribution in [0.2, 0.25) is 0 Å². The summed E-state index contributed by atoms with van der Waals surface area (Å²) in [5.74, 6) is -1.37. The number of ether oxygens (including phenoxy) is 1. The Balaban J connectivity index is 2.11. The molecule has 0 aromatic heterocycles. The minimum Gasteiger partial charge on any atom is -0.368 e. The number of nitrogens with one attached hydrogen (secondary N) is 1. The predicted octanol–water partition coefficient (Wildman–Crippen LogP) is 2.61. The zero-order valence-corrected chi connectivity index (χ0v) is 14.5. The number of hydrogen-bond donors (Lipinski definition) is 2. The van der Waals surface area contributed by atoms with Crippen LogP contribution in [0.25, 0.3) is 0 Å². The van der Waals surface area contributed by atoms with Crippen LogP contribution in [0.1, 0.15) is 22.8 Å². The lowest BCUT2D eigenvalue weighted by atomic mass is 10.0. The first-order valence-corrected chi connectivity index (χ1v) is 8.06. The third-order valence-corrected chi connectivity index (χ3v) is 3.96. The SMILES string of the molecule is CO[C@@H](C(=O)N[C@H](Cc1ccc(C(F)(F)F)cc1)C(N)=O)c1ccccc1. The average molecular weight is 380 g/mol. The molecular formula is C19H19F3N2O3. The van der Waals surface area contributed by atoms with Crippen molar-refractivity contribution in [2.24, 2.45) is 5.73 Å². The van der Waals surface area contributed by atoms with E-state index >= 15 is 0 Å². The molecule has 2 atom stereocenters. The molecule has 3 N–H and O–H groups in total. The Bertz CT molecular complexity index is 777. The average Bonchev–Trinajstić information content (AvgIpc) is 2.62. The van der Waals surface area contributed by atoms with Crippen molar-refractivity contribution in [3.8, 4) is 0 Å². The largest absolute Gasteiger partial charge is 0.416 e. The van der Waals surface area contributed by atoms with E-state index in [1.54, 1.807) is 30.3 Å². The maximum atomic E-state index is 12.6. The van der Waals surface area contributed by atoms with E-state index in [-0.39, 0.29) is 6.42 Å². The molecule has 0 saturated heterocycles. The van der Waals surface area contributed by atoms with Crippen molar-refractivity contribution in [3.05, 3.63) is 71.3 Å². The van der Waals surface area contributed by atoms with Crippen LogP contribution in [0, 0.1) is 0 Å². The third kappa shape index (κ3) is 5.55. The summed E-state index contributed by atoms with van der Waals surface area (Å²) in [6, 6.07) is 11.9. The van der Waals surface area contributed by atoms with Crippen molar-refractivity contribution < 1.29 is 27.5 Å². The molecule has 0 fully saturated rings. The zero-order valence-electron chi connectivity index (χ0n) is 14.5. The van der Waals surface area contributed by atoms with Gasteiger partial charge in [-0.05, 0) is 23.3 Å². The molecule has 0 saturated carbocycles. The first kappa shape index (κ1) is 20.4. The summed E-state index contributed by atoms with van der Waals surface area (Å²) in [6.45, 7) is 0. The molecule has 0 unspecified atom stereocenters. The van der Waals surface area contributed by atoms with Gasteiger partial charge in [-0.3, -0.25) is 9.59 Å². The normalized spacial score (nSPS) is 13.6. The van der Waals surface area contributed by atoms with E-state index in [0.717, 1.165) is 12.1 Å². The number of hydrogen-bond acceptors (Lipinski definition) is 3. The fraction of sp³-hybridized carbons (Fsp3) is 0.263. The molecule has 2 aromatic rings. The highest BCUT2D eigenvalue weighted by Crippen LogP contribution is 2.29. The van der Waals surface area contributed by atoms with Crippen molar-refractivity contribution in [2.45, 2.75) is 24.7 Å². The van der Waals surface area contributed by atoms with Crippen LogP contribution in [0.15, 0.2) is 54.6 Å². The van der Waals surface area contributed by atoms with Gasteiger partial charge in [0.2, 0.25) is 5.91 Å². The number of primary amides is 1. The van der Waals surface area contributed by atoms with Gasteiger partial charge in [-0.25, -0.2) is 0 Å². The molecule has 0 bridgehead atoms. The predicted molar refractivity (Wildman–Crippen MR) is 92.5 cm³/mol. The minimum atomic E-state index is -4.45. The molecule has 0 spiro atoms. The molecule has 2 rings (SSSR count). The summed E-state index contributed by atoms with van der Waals surface area (Å²) in [4.78, 5) is 24.2. The van der Waals surface area contributed by atoms with Crippen LogP contribution in [-0.4, -0.2) is 25.0 Å². The Morgan fingerprint density at radius 1 is 1.07 bits per heavy atom.